The summed E-state index contributed by atoms with van der Waals surface area (Å²) in [6.45, 7) is 1.85. The number of carbonyl (C=O) groups excluding carboxylic acids is 1. The van der Waals surface area contributed by atoms with Gasteiger partial charge in [0.1, 0.15) is 11.6 Å². The predicted octanol–water partition coefficient (Wildman–Crippen LogP) is 4.37. The maximum absolute atomic E-state index is 13.7. The number of amides is 1. The molecule has 1 heterocycles. The van der Waals surface area contributed by atoms with Crippen LogP contribution in [0.3, 0.4) is 0 Å². The topological polar surface area (TPSA) is 70.7 Å². The van der Waals surface area contributed by atoms with Crippen molar-refractivity contribution >= 4 is 11.6 Å². The minimum atomic E-state index is -0.665. The van der Waals surface area contributed by atoms with Gasteiger partial charge in [0, 0.05) is 11.3 Å². The van der Waals surface area contributed by atoms with E-state index in [-0.39, 0.29) is 11.7 Å². The number of carbonyl (C=O) groups is 1. The van der Waals surface area contributed by atoms with E-state index in [1.54, 1.807) is 6.07 Å². The van der Waals surface area contributed by atoms with Gasteiger partial charge in [0.2, 0.25) is 5.91 Å². The van der Waals surface area contributed by atoms with Gasteiger partial charge in [-0.2, -0.15) is 5.10 Å². The molecule has 6 heteroatoms. The molecule has 0 spiro atoms. The van der Waals surface area contributed by atoms with Crippen LogP contribution in [0.5, 0.6) is 0 Å². The van der Waals surface area contributed by atoms with Crippen LogP contribution in [0.4, 0.5) is 10.1 Å². The maximum Gasteiger partial charge on any atom is 0.235 e. The fourth-order valence-electron chi connectivity index (χ4n) is 3.84. The summed E-state index contributed by atoms with van der Waals surface area (Å²) in [5.41, 5.74) is 1.67. The highest BCUT2D eigenvalue weighted by molar-refractivity contribution is 5.99. The zero-order valence-corrected chi connectivity index (χ0v) is 15.1. The molecule has 1 fully saturated rings. The molecule has 27 heavy (non-hydrogen) atoms. The second-order valence-electron chi connectivity index (χ2n) is 7.08. The van der Waals surface area contributed by atoms with Gasteiger partial charge in [-0.3, -0.25) is 9.89 Å². The Morgan fingerprint density at radius 1 is 1.15 bits per heavy atom. The number of H-pyrrole nitrogens is 1. The molecule has 0 radical (unpaired) electrons. The Balaban J connectivity index is 1.56. The first-order valence-electron chi connectivity index (χ1n) is 9.14. The molecule has 0 unspecified atom stereocenters. The number of nitrogens with one attached hydrogen (secondary N) is 2. The largest absolute Gasteiger partial charge is 0.325 e. The molecular formula is C21H21FN4O. The fourth-order valence-corrected chi connectivity index (χ4v) is 3.84. The Hall–Kier alpha value is -3.02. The van der Waals surface area contributed by atoms with Gasteiger partial charge in [-0.15, -0.1) is 0 Å². The number of aromatic amines is 1. The quantitative estimate of drug-likeness (QED) is 0.722. The number of aryl methyl sites for hydroxylation is 1. The second kappa shape index (κ2) is 6.95. The van der Waals surface area contributed by atoms with Crippen molar-refractivity contribution in [2.24, 2.45) is 0 Å². The zero-order valence-electron chi connectivity index (χ0n) is 15.1. The van der Waals surface area contributed by atoms with E-state index in [1.807, 2.05) is 37.3 Å². The minimum Gasteiger partial charge on any atom is -0.325 e. The van der Waals surface area contributed by atoms with Gasteiger partial charge in [-0.1, -0.05) is 25.0 Å². The summed E-state index contributed by atoms with van der Waals surface area (Å²) < 4.78 is 13.7. The lowest BCUT2D eigenvalue weighted by molar-refractivity contribution is -0.121. The van der Waals surface area contributed by atoms with E-state index in [2.05, 4.69) is 20.5 Å². The van der Waals surface area contributed by atoms with Crippen molar-refractivity contribution in [2.75, 3.05) is 5.32 Å². The van der Waals surface area contributed by atoms with E-state index in [4.69, 9.17) is 0 Å². The highest BCUT2D eigenvalue weighted by atomic mass is 19.1. The summed E-state index contributed by atoms with van der Waals surface area (Å²) >= 11 is 0. The lowest BCUT2D eigenvalue weighted by Gasteiger charge is -2.28. The average molecular weight is 364 g/mol. The lowest BCUT2D eigenvalue weighted by atomic mass is 9.78. The number of hydrogen-bond donors (Lipinski definition) is 2. The maximum atomic E-state index is 13.7. The van der Waals surface area contributed by atoms with E-state index < -0.39 is 5.41 Å². The smallest absolute Gasteiger partial charge is 0.235 e. The summed E-state index contributed by atoms with van der Waals surface area (Å²) in [5.74, 6) is 0.989. The van der Waals surface area contributed by atoms with Gasteiger partial charge in [-0.05, 0) is 61.7 Å². The number of rotatable bonds is 4. The first kappa shape index (κ1) is 17.4. The molecule has 1 aliphatic rings. The molecule has 138 valence electrons. The minimum absolute atomic E-state index is 0.0768. The van der Waals surface area contributed by atoms with Crippen LogP contribution in [-0.4, -0.2) is 21.1 Å². The van der Waals surface area contributed by atoms with E-state index in [0.29, 0.717) is 11.5 Å². The van der Waals surface area contributed by atoms with E-state index in [0.717, 1.165) is 42.6 Å². The standard InChI is InChI=1S/C21H21FN4O/c1-14-23-19(26-25-14)15-7-9-18(10-8-15)24-20(27)21(11-2-3-12-21)16-5-4-6-17(22)13-16/h4-10,13H,2-3,11-12H2,1H3,(H,24,27)(H,23,25,26). The van der Waals surface area contributed by atoms with Crippen molar-refractivity contribution in [1.29, 1.82) is 0 Å². The molecule has 1 amide bonds. The highest BCUT2D eigenvalue weighted by Crippen LogP contribution is 2.42. The Bertz CT molecular complexity index is 958. The molecule has 5 nitrogen and oxygen atoms in total. The molecular weight excluding hydrogens is 343 g/mol. The summed E-state index contributed by atoms with van der Waals surface area (Å²) in [7, 11) is 0. The van der Waals surface area contributed by atoms with Gasteiger partial charge >= 0.3 is 0 Å². The first-order chi connectivity index (χ1) is 13.1. The average Bonchev–Trinajstić information content (AvgIpc) is 3.32. The molecule has 2 aromatic carbocycles. The number of halogens is 1. The number of benzene rings is 2. The number of hydrogen-bond acceptors (Lipinski definition) is 3. The summed E-state index contributed by atoms with van der Waals surface area (Å²) in [6.07, 6.45) is 3.40. The summed E-state index contributed by atoms with van der Waals surface area (Å²) in [4.78, 5) is 17.4. The van der Waals surface area contributed by atoms with Gasteiger partial charge < -0.3 is 5.32 Å². The molecule has 4 rings (SSSR count). The van der Waals surface area contributed by atoms with Crippen LogP contribution in [0.1, 0.15) is 37.1 Å². The van der Waals surface area contributed by atoms with Crippen molar-refractivity contribution < 1.29 is 9.18 Å². The normalized spacial score (nSPS) is 15.6. The molecule has 1 aliphatic carbocycles. The Kier molecular flexibility index (Phi) is 4.48. The van der Waals surface area contributed by atoms with E-state index >= 15 is 0 Å². The molecule has 0 aliphatic heterocycles. The van der Waals surface area contributed by atoms with E-state index in [1.165, 1.54) is 12.1 Å². The fraction of sp³-hybridized carbons (Fsp3) is 0.286. The van der Waals surface area contributed by atoms with Crippen LogP contribution in [0.15, 0.2) is 48.5 Å². The van der Waals surface area contributed by atoms with E-state index in [9.17, 15) is 9.18 Å². The lowest BCUT2D eigenvalue weighted by Crippen LogP contribution is -2.38. The van der Waals surface area contributed by atoms with Crippen molar-refractivity contribution in [3.8, 4) is 11.4 Å². The molecule has 0 bridgehead atoms. The molecule has 1 saturated carbocycles. The van der Waals surface area contributed by atoms with Gasteiger partial charge in [0.25, 0.3) is 0 Å². The third-order valence-electron chi connectivity index (χ3n) is 5.27. The van der Waals surface area contributed by atoms with Crippen LogP contribution in [0, 0.1) is 12.7 Å². The summed E-state index contributed by atoms with van der Waals surface area (Å²) in [6, 6.07) is 13.9. The van der Waals surface area contributed by atoms with Crippen LogP contribution in [0.25, 0.3) is 11.4 Å². The van der Waals surface area contributed by atoms with Crippen molar-refractivity contribution in [3.05, 3.63) is 65.7 Å². The third-order valence-corrected chi connectivity index (χ3v) is 5.27. The second-order valence-corrected chi connectivity index (χ2v) is 7.08. The molecule has 1 aromatic heterocycles. The zero-order chi connectivity index (χ0) is 18.9. The molecule has 0 saturated heterocycles. The molecule has 2 N–H and O–H groups in total. The Morgan fingerprint density at radius 2 is 1.89 bits per heavy atom. The van der Waals surface area contributed by atoms with Gasteiger partial charge in [-0.25, -0.2) is 9.37 Å². The summed E-state index contributed by atoms with van der Waals surface area (Å²) in [5, 5.41) is 9.97. The number of anilines is 1. The highest BCUT2D eigenvalue weighted by Gasteiger charge is 2.42. The van der Waals surface area contributed by atoms with Crippen molar-refractivity contribution in [3.63, 3.8) is 0 Å². The predicted molar refractivity (Wildman–Crippen MR) is 102 cm³/mol. The van der Waals surface area contributed by atoms with Crippen LogP contribution >= 0.6 is 0 Å². The van der Waals surface area contributed by atoms with Crippen LogP contribution < -0.4 is 5.32 Å². The van der Waals surface area contributed by atoms with Gasteiger partial charge in [0.05, 0.1) is 5.41 Å². The Morgan fingerprint density at radius 3 is 2.52 bits per heavy atom. The van der Waals surface area contributed by atoms with Crippen molar-refractivity contribution in [1.82, 2.24) is 15.2 Å². The number of aromatic nitrogens is 3. The SMILES string of the molecule is Cc1nc(-c2ccc(NC(=O)C3(c4cccc(F)c4)CCCC3)cc2)n[nH]1. The molecule has 3 aromatic rings. The van der Waals surface area contributed by atoms with Gasteiger partial charge in [0.15, 0.2) is 5.82 Å². The van der Waals surface area contributed by atoms with Crippen LogP contribution in [-0.2, 0) is 10.2 Å². The Labute approximate surface area is 157 Å². The van der Waals surface area contributed by atoms with Crippen LogP contribution in [0.2, 0.25) is 0 Å². The first-order valence-corrected chi connectivity index (χ1v) is 9.14. The number of nitrogens with zero attached hydrogens (tertiary/aromatic N) is 2. The third kappa shape index (κ3) is 3.35. The van der Waals surface area contributed by atoms with Crippen molar-refractivity contribution in [2.45, 2.75) is 38.0 Å². The monoisotopic (exact) mass is 364 g/mol. The molecule has 0 atom stereocenters.